The van der Waals surface area contributed by atoms with Gasteiger partial charge in [0.2, 0.25) is 0 Å². The summed E-state index contributed by atoms with van der Waals surface area (Å²) in [6, 6.07) is 0.715. The maximum absolute atomic E-state index is 12.5. The number of aryl methyl sites for hydroxylation is 1. The number of rotatable bonds is 6. The summed E-state index contributed by atoms with van der Waals surface area (Å²) in [7, 11) is 0. The second kappa shape index (κ2) is 7.43. The highest BCUT2D eigenvalue weighted by Gasteiger charge is 2.54. The van der Waals surface area contributed by atoms with Gasteiger partial charge in [-0.05, 0) is 13.0 Å². The molecule has 2 aliphatic rings. The number of thioether (sulfide) groups is 1. The fourth-order valence-electron chi connectivity index (χ4n) is 2.86. The first kappa shape index (κ1) is 19.0. The highest BCUT2D eigenvalue weighted by atomic mass is 32.2. The Kier molecular flexibility index (Phi) is 5.22. The minimum Gasteiger partial charge on any atom is -0.477 e. The second-order valence-electron chi connectivity index (χ2n) is 5.96. The molecule has 3 rings (SSSR count). The van der Waals surface area contributed by atoms with Crippen molar-refractivity contribution in [2.75, 3.05) is 12.4 Å². The van der Waals surface area contributed by atoms with Gasteiger partial charge >= 0.3 is 11.9 Å². The van der Waals surface area contributed by atoms with Gasteiger partial charge in [-0.3, -0.25) is 24.0 Å². The van der Waals surface area contributed by atoms with Gasteiger partial charge in [-0.1, -0.05) is 0 Å². The Bertz CT molecular complexity index is 848. The molecule has 0 aromatic carbocycles. The number of fused-ring (bicyclic) bond motifs is 1. The molecule has 1 aromatic heterocycles. The number of carboxylic acids is 1. The molecule has 27 heavy (non-hydrogen) atoms. The van der Waals surface area contributed by atoms with E-state index in [0.29, 0.717) is 12.1 Å². The Labute approximate surface area is 158 Å². The van der Waals surface area contributed by atoms with Crippen molar-refractivity contribution in [3.05, 3.63) is 29.2 Å². The molecule has 0 aliphatic carbocycles. The van der Waals surface area contributed by atoms with Crippen LogP contribution in [0.5, 0.6) is 0 Å². The standard InChI is InChI=1S/C16H18N4O6S/c1-3-19-5-4-10(18-19)13(22)17-11-14(23)20-12(16(24)25)9(6-26-8(2)21)7-27-15(11)20/h4-5,11,15H,3,6-7H2,1-2H3,(H,17,22)(H,24,25)/t11-,15-/m1/s1. The van der Waals surface area contributed by atoms with E-state index < -0.39 is 35.2 Å². The first-order chi connectivity index (χ1) is 12.8. The Hall–Kier alpha value is -2.82. The lowest BCUT2D eigenvalue weighted by Gasteiger charge is -2.49. The van der Waals surface area contributed by atoms with E-state index in [1.54, 1.807) is 16.9 Å². The molecule has 2 N–H and O–H groups in total. The van der Waals surface area contributed by atoms with E-state index in [-0.39, 0.29) is 23.8 Å². The van der Waals surface area contributed by atoms with Gasteiger partial charge in [0.15, 0.2) is 0 Å². The molecule has 10 nitrogen and oxygen atoms in total. The molecule has 1 aromatic rings. The maximum Gasteiger partial charge on any atom is 0.352 e. The van der Waals surface area contributed by atoms with Crippen molar-refractivity contribution in [3.8, 4) is 0 Å². The first-order valence-corrected chi connectivity index (χ1v) is 9.26. The van der Waals surface area contributed by atoms with Gasteiger partial charge in [-0.2, -0.15) is 5.10 Å². The van der Waals surface area contributed by atoms with Gasteiger partial charge in [0.1, 0.15) is 29.4 Å². The molecule has 0 bridgehead atoms. The Morgan fingerprint density at radius 1 is 1.44 bits per heavy atom. The SMILES string of the molecule is CCn1ccc(C(=O)N[C@@H]2C(=O)N3C(C(=O)O)=C(COC(C)=O)CS[C@H]23)n1. The van der Waals surface area contributed by atoms with Crippen LogP contribution in [0.1, 0.15) is 24.3 Å². The topological polar surface area (TPSA) is 131 Å². The highest BCUT2D eigenvalue weighted by molar-refractivity contribution is 8.00. The van der Waals surface area contributed by atoms with E-state index in [9.17, 15) is 24.3 Å². The molecule has 11 heteroatoms. The van der Waals surface area contributed by atoms with Crippen LogP contribution in [-0.2, 0) is 25.7 Å². The van der Waals surface area contributed by atoms with Gasteiger partial charge in [-0.15, -0.1) is 11.8 Å². The van der Waals surface area contributed by atoms with Crippen LogP contribution in [0.4, 0.5) is 0 Å². The number of hydrogen-bond acceptors (Lipinski definition) is 7. The normalized spacial score (nSPS) is 21.4. The smallest absolute Gasteiger partial charge is 0.352 e. The number of carbonyl (C=O) groups is 4. The van der Waals surface area contributed by atoms with Crippen molar-refractivity contribution in [2.45, 2.75) is 31.8 Å². The molecule has 1 fully saturated rings. The number of carbonyl (C=O) groups excluding carboxylic acids is 3. The Balaban J connectivity index is 1.74. The number of carboxylic acid groups (broad SMARTS) is 1. The number of nitrogens with zero attached hydrogens (tertiary/aromatic N) is 3. The quantitative estimate of drug-likeness (QED) is 0.502. The number of esters is 1. The van der Waals surface area contributed by atoms with Crippen LogP contribution in [0.2, 0.25) is 0 Å². The number of ether oxygens (including phenoxy) is 1. The van der Waals surface area contributed by atoms with Gasteiger partial charge in [-0.25, -0.2) is 4.79 Å². The molecule has 0 unspecified atom stereocenters. The summed E-state index contributed by atoms with van der Waals surface area (Å²) in [6.07, 6.45) is 1.66. The minimum atomic E-state index is -1.28. The number of β-lactam (4-membered cyclic amide) rings is 1. The third kappa shape index (κ3) is 3.54. The lowest BCUT2D eigenvalue weighted by molar-refractivity contribution is -0.149. The predicted molar refractivity (Wildman–Crippen MR) is 93.5 cm³/mol. The molecule has 2 atom stereocenters. The summed E-state index contributed by atoms with van der Waals surface area (Å²) in [4.78, 5) is 48.5. The van der Waals surface area contributed by atoms with Gasteiger partial charge in [0, 0.05) is 31.0 Å². The van der Waals surface area contributed by atoms with Crippen LogP contribution >= 0.6 is 11.8 Å². The molecule has 0 radical (unpaired) electrons. The molecule has 144 valence electrons. The zero-order chi connectivity index (χ0) is 19.7. The van der Waals surface area contributed by atoms with Crippen molar-refractivity contribution in [2.24, 2.45) is 0 Å². The minimum absolute atomic E-state index is 0.188. The number of aromatic nitrogens is 2. The summed E-state index contributed by atoms with van der Waals surface area (Å²) in [5.41, 5.74) is 0.345. The fraction of sp³-hybridized carbons (Fsp3) is 0.438. The number of nitrogens with one attached hydrogen (secondary N) is 1. The molecule has 2 amide bonds. The third-order valence-corrected chi connectivity index (χ3v) is 5.52. The van der Waals surface area contributed by atoms with E-state index in [2.05, 4.69) is 10.4 Å². The van der Waals surface area contributed by atoms with Crippen LogP contribution < -0.4 is 5.32 Å². The summed E-state index contributed by atoms with van der Waals surface area (Å²) in [5, 5.41) is 15.7. The van der Waals surface area contributed by atoms with Crippen molar-refractivity contribution < 1.29 is 29.0 Å². The summed E-state index contributed by atoms with van der Waals surface area (Å²) >= 11 is 1.30. The Morgan fingerprint density at radius 2 is 2.19 bits per heavy atom. The van der Waals surface area contributed by atoms with E-state index >= 15 is 0 Å². The predicted octanol–water partition coefficient (Wildman–Crippen LogP) is -0.182. The van der Waals surface area contributed by atoms with Crippen LogP contribution in [0.3, 0.4) is 0 Å². The molecular weight excluding hydrogens is 376 g/mol. The van der Waals surface area contributed by atoms with Crippen molar-refractivity contribution in [1.29, 1.82) is 0 Å². The van der Waals surface area contributed by atoms with E-state index in [1.807, 2.05) is 6.92 Å². The molecular formula is C16H18N4O6S. The molecule has 1 saturated heterocycles. The largest absolute Gasteiger partial charge is 0.477 e. The summed E-state index contributed by atoms with van der Waals surface area (Å²) in [6.45, 7) is 3.53. The zero-order valence-corrected chi connectivity index (χ0v) is 15.5. The maximum atomic E-state index is 12.5. The van der Waals surface area contributed by atoms with Gasteiger partial charge in [0.05, 0.1) is 0 Å². The van der Waals surface area contributed by atoms with E-state index in [0.717, 1.165) is 4.90 Å². The van der Waals surface area contributed by atoms with Gasteiger partial charge in [0.25, 0.3) is 11.8 Å². The second-order valence-corrected chi connectivity index (χ2v) is 7.06. The Morgan fingerprint density at radius 3 is 2.78 bits per heavy atom. The van der Waals surface area contributed by atoms with Crippen molar-refractivity contribution in [3.63, 3.8) is 0 Å². The van der Waals surface area contributed by atoms with Crippen molar-refractivity contribution >= 4 is 35.5 Å². The van der Waals surface area contributed by atoms with Gasteiger partial charge < -0.3 is 15.2 Å². The van der Waals surface area contributed by atoms with Crippen LogP contribution in [0.25, 0.3) is 0 Å². The third-order valence-electron chi connectivity index (χ3n) is 4.18. The number of hydrogen-bond donors (Lipinski definition) is 2. The molecule has 3 heterocycles. The van der Waals surface area contributed by atoms with Crippen LogP contribution in [0, 0.1) is 0 Å². The number of aliphatic carboxylic acids is 1. The highest BCUT2D eigenvalue weighted by Crippen LogP contribution is 2.40. The van der Waals surface area contributed by atoms with Crippen LogP contribution in [-0.4, -0.2) is 67.3 Å². The first-order valence-electron chi connectivity index (χ1n) is 8.21. The summed E-state index contributed by atoms with van der Waals surface area (Å²) < 4.78 is 6.46. The lowest BCUT2D eigenvalue weighted by atomic mass is 10.0. The van der Waals surface area contributed by atoms with E-state index in [1.165, 1.54) is 18.7 Å². The zero-order valence-electron chi connectivity index (χ0n) is 14.7. The average molecular weight is 394 g/mol. The molecule has 0 saturated carbocycles. The average Bonchev–Trinajstić information content (AvgIpc) is 3.12. The number of amides is 2. The lowest BCUT2D eigenvalue weighted by Crippen LogP contribution is -2.70. The van der Waals surface area contributed by atoms with Crippen LogP contribution in [0.15, 0.2) is 23.5 Å². The van der Waals surface area contributed by atoms with Crippen molar-refractivity contribution in [1.82, 2.24) is 20.0 Å². The summed E-state index contributed by atoms with van der Waals surface area (Å²) in [5.74, 6) is -2.55. The van der Waals surface area contributed by atoms with E-state index in [4.69, 9.17) is 4.74 Å². The molecule has 2 aliphatic heterocycles. The monoisotopic (exact) mass is 394 g/mol. The fourth-order valence-corrected chi connectivity index (χ4v) is 4.18. The molecule has 0 spiro atoms.